The van der Waals surface area contributed by atoms with Crippen LogP contribution >= 0.6 is 39.1 Å². The van der Waals surface area contributed by atoms with E-state index in [2.05, 4.69) is 21.2 Å². The van der Waals surface area contributed by atoms with Crippen molar-refractivity contribution in [3.8, 4) is 5.75 Å². The molecule has 0 heterocycles. The molecule has 0 unspecified atom stereocenters. The van der Waals surface area contributed by atoms with Crippen LogP contribution in [0, 0.1) is 0 Å². The van der Waals surface area contributed by atoms with Gasteiger partial charge < -0.3 is 15.0 Å². The molecule has 1 saturated carbocycles. The number of halogens is 3. The lowest BCUT2D eigenvalue weighted by Gasteiger charge is -2.30. The van der Waals surface area contributed by atoms with Gasteiger partial charge in [-0.05, 0) is 61.7 Å². The number of ether oxygens (including phenoxy) is 1. The van der Waals surface area contributed by atoms with Crippen LogP contribution in [0.25, 0.3) is 0 Å². The van der Waals surface area contributed by atoms with Crippen molar-refractivity contribution in [3.05, 3.63) is 62.5 Å². The van der Waals surface area contributed by atoms with E-state index in [-0.39, 0.29) is 31.0 Å². The monoisotopic (exact) mass is 526 g/mol. The first kappa shape index (κ1) is 23.9. The fraction of sp³-hybridized carbons (Fsp3) is 0.391. The molecule has 2 aromatic carbocycles. The number of hydrogen-bond acceptors (Lipinski definition) is 3. The van der Waals surface area contributed by atoms with Gasteiger partial charge in [-0.3, -0.25) is 9.59 Å². The van der Waals surface area contributed by atoms with Crippen LogP contribution in [0.3, 0.4) is 0 Å². The Kier molecular flexibility index (Phi) is 8.64. The predicted molar refractivity (Wildman–Crippen MR) is 127 cm³/mol. The molecule has 0 spiro atoms. The molecule has 1 aliphatic rings. The smallest absolute Gasteiger partial charge is 0.261 e. The molecule has 0 saturated heterocycles. The summed E-state index contributed by atoms with van der Waals surface area (Å²) in [5.74, 6) is 0.0982. The van der Waals surface area contributed by atoms with Crippen LogP contribution in [0.5, 0.6) is 5.75 Å². The largest absolute Gasteiger partial charge is 0.484 e. The molecule has 1 aliphatic carbocycles. The second-order valence-corrected chi connectivity index (χ2v) is 9.43. The minimum absolute atomic E-state index is 0.171. The molecule has 166 valence electrons. The standard InChI is InChI=1S/C23H25BrCl2N2O3/c1-15(23(30)27-19-4-2-3-5-19)28(13-16-6-9-18(25)12-21(16)26)22(29)14-31-20-10-7-17(24)8-11-20/h6-12,15,19H,2-5,13-14H2,1H3,(H,27,30)/t15-/m0/s1. The summed E-state index contributed by atoms with van der Waals surface area (Å²) in [6, 6.07) is 11.8. The number of nitrogens with zero attached hydrogens (tertiary/aromatic N) is 1. The Morgan fingerprint density at radius 3 is 2.48 bits per heavy atom. The molecule has 31 heavy (non-hydrogen) atoms. The van der Waals surface area contributed by atoms with Gasteiger partial charge in [-0.1, -0.05) is 58.0 Å². The zero-order valence-electron chi connectivity index (χ0n) is 17.2. The van der Waals surface area contributed by atoms with Crippen molar-refractivity contribution >= 4 is 50.9 Å². The molecule has 0 radical (unpaired) electrons. The summed E-state index contributed by atoms with van der Waals surface area (Å²) in [4.78, 5) is 27.5. The van der Waals surface area contributed by atoms with E-state index in [4.69, 9.17) is 27.9 Å². The third-order valence-electron chi connectivity index (χ3n) is 5.40. The van der Waals surface area contributed by atoms with E-state index in [0.29, 0.717) is 21.4 Å². The van der Waals surface area contributed by atoms with Crippen molar-refractivity contribution in [2.75, 3.05) is 6.61 Å². The highest BCUT2D eigenvalue weighted by Crippen LogP contribution is 2.24. The maximum Gasteiger partial charge on any atom is 0.261 e. The van der Waals surface area contributed by atoms with Gasteiger partial charge in [0.1, 0.15) is 11.8 Å². The fourth-order valence-electron chi connectivity index (χ4n) is 3.57. The first-order valence-corrected chi connectivity index (χ1v) is 11.8. The third-order valence-corrected chi connectivity index (χ3v) is 6.52. The SMILES string of the molecule is C[C@@H](C(=O)NC1CCCC1)N(Cc1ccc(Cl)cc1Cl)C(=O)COc1ccc(Br)cc1. The van der Waals surface area contributed by atoms with E-state index in [1.165, 1.54) is 4.90 Å². The normalized spacial score (nSPS) is 14.8. The molecule has 1 atom stereocenters. The van der Waals surface area contributed by atoms with Gasteiger partial charge in [0.15, 0.2) is 6.61 Å². The molecule has 3 rings (SSSR count). The highest BCUT2D eigenvalue weighted by atomic mass is 79.9. The van der Waals surface area contributed by atoms with Crippen molar-refractivity contribution in [1.82, 2.24) is 10.2 Å². The number of hydrogen-bond donors (Lipinski definition) is 1. The first-order valence-electron chi connectivity index (χ1n) is 10.3. The molecule has 0 bridgehead atoms. The lowest BCUT2D eigenvalue weighted by molar-refractivity contribution is -0.142. The Bertz CT molecular complexity index is 918. The number of rotatable bonds is 8. The lowest BCUT2D eigenvalue weighted by Crippen LogP contribution is -2.50. The molecule has 1 fully saturated rings. The van der Waals surface area contributed by atoms with Crippen LogP contribution < -0.4 is 10.1 Å². The summed E-state index contributed by atoms with van der Waals surface area (Å²) in [5.41, 5.74) is 0.712. The predicted octanol–water partition coefficient (Wildman–Crippen LogP) is 5.61. The van der Waals surface area contributed by atoms with E-state index in [0.717, 1.165) is 30.2 Å². The van der Waals surface area contributed by atoms with Gasteiger partial charge >= 0.3 is 0 Å². The Morgan fingerprint density at radius 2 is 1.84 bits per heavy atom. The topological polar surface area (TPSA) is 58.6 Å². The molecular formula is C23H25BrCl2N2O3. The Morgan fingerprint density at radius 1 is 1.16 bits per heavy atom. The van der Waals surface area contributed by atoms with E-state index >= 15 is 0 Å². The zero-order chi connectivity index (χ0) is 22.4. The van der Waals surface area contributed by atoms with Gasteiger partial charge in [-0.15, -0.1) is 0 Å². The zero-order valence-corrected chi connectivity index (χ0v) is 20.3. The van der Waals surface area contributed by atoms with Gasteiger partial charge in [0.2, 0.25) is 5.91 Å². The molecular weight excluding hydrogens is 503 g/mol. The van der Waals surface area contributed by atoms with E-state index in [1.807, 2.05) is 12.1 Å². The average molecular weight is 528 g/mol. The van der Waals surface area contributed by atoms with E-state index < -0.39 is 6.04 Å². The molecule has 0 aromatic heterocycles. The number of amides is 2. The van der Waals surface area contributed by atoms with Crippen LogP contribution in [0.15, 0.2) is 46.9 Å². The Hall–Kier alpha value is -1.76. The second-order valence-electron chi connectivity index (χ2n) is 7.67. The minimum atomic E-state index is -0.673. The molecule has 2 aromatic rings. The summed E-state index contributed by atoms with van der Waals surface area (Å²) in [6.07, 6.45) is 4.18. The van der Waals surface area contributed by atoms with Crippen LogP contribution in [-0.4, -0.2) is 35.4 Å². The number of nitrogens with one attached hydrogen (secondary N) is 1. The molecule has 8 heteroatoms. The van der Waals surface area contributed by atoms with E-state index in [9.17, 15) is 9.59 Å². The van der Waals surface area contributed by atoms with Crippen molar-refractivity contribution in [3.63, 3.8) is 0 Å². The van der Waals surface area contributed by atoms with Crippen LogP contribution in [0.2, 0.25) is 10.0 Å². The first-order chi connectivity index (χ1) is 14.8. The van der Waals surface area contributed by atoms with Gasteiger partial charge in [0.05, 0.1) is 0 Å². The summed E-state index contributed by atoms with van der Waals surface area (Å²) in [6.45, 7) is 1.72. The van der Waals surface area contributed by atoms with Crippen molar-refractivity contribution in [2.45, 2.75) is 51.2 Å². The second kappa shape index (κ2) is 11.2. The number of benzene rings is 2. The van der Waals surface area contributed by atoms with Crippen LogP contribution in [-0.2, 0) is 16.1 Å². The van der Waals surface area contributed by atoms with Crippen LogP contribution in [0.4, 0.5) is 0 Å². The van der Waals surface area contributed by atoms with Crippen LogP contribution in [0.1, 0.15) is 38.2 Å². The lowest BCUT2D eigenvalue weighted by atomic mass is 10.1. The Balaban J connectivity index is 1.73. The Labute approximate surface area is 201 Å². The van der Waals surface area contributed by atoms with Gasteiger partial charge in [0.25, 0.3) is 5.91 Å². The van der Waals surface area contributed by atoms with Crippen molar-refractivity contribution < 1.29 is 14.3 Å². The minimum Gasteiger partial charge on any atom is -0.484 e. The summed E-state index contributed by atoms with van der Waals surface area (Å²) in [7, 11) is 0. The fourth-order valence-corrected chi connectivity index (χ4v) is 4.30. The van der Waals surface area contributed by atoms with Gasteiger partial charge in [-0.25, -0.2) is 0 Å². The quantitative estimate of drug-likeness (QED) is 0.485. The number of carbonyl (C=O) groups is 2. The maximum atomic E-state index is 13.1. The summed E-state index contributed by atoms with van der Waals surface area (Å²) in [5, 5.41) is 4.03. The highest BCUT2D eigenvalue weighted by Gasteiger charge is 2.29. The van der Waals surface area contributed by atoms with Gasteiger partial charge in [0, 0.05) is 27.1 Å². The average Bonchev–Trinajstić information content (AvgIpc) is 3.25. The molecule has 1 N–H and O–H groups in total. The highest BCUT2D eigenvalue weighted by molar-refractivity contribution is 9.10. The molecule has 0 aliphatic heterocycles. The van der Waals surface area contributed by atoms with Crippen molar-refractivity contribution in [2.24, 2.45) is 0 Å². The summed E-state index contributed by atoms with van der Waals surface area (Å²) >= 11 is 15.7. The summed E-state index contributed by atoms with van der Waals surface area (Å²) < 4.78 is 6.58. The maximum absolute atomic E-state index is 13.1. The van der Waals surface area contributed by atoms with Gasteiger partial charge in [-0.2, -0.15) is 0 Å². The third kappa shape index (κ3) is 6.86. The number of carbonyl (C=O) groups excluding carboxylic acids is 2. The van der Waals surface area contributed by atoms with Crippen molar-refractivity contribution in [1.29, 1.82) is 0 Å². The molecule has 5 nitrogen and oxygen atoms in total. The van der Waals surface area contributed by atoms with E-state index in [1.54, 1.807) is 37.3 Å². The molecule has 2 amide bonds.